The van der Waals surface area contributed by atoms with E-state index in [2.05, 4.69) is 6.92 Å². The highest BCUT2D eigenvalue weighted by Crippen LogP contribution is 2.15. The van der Waals surface area contributed by atoms with Crippen molar-refractivity contribution in [2.75, 3.05) is 6.61 Å². The summed E-state index contributed by atoms with van der Waals surface area (Å²) in [5.41, 5.74) is 0. The van der Waals surface area contributed by atoms with Gasteiger partial charge in [-0.25, -0.2) is 0 Å². The summed E-state index contributed by atoms with van der Waals surface area (Å²) in [6, 6.07) is 0. The predicted octanol–water partition coefficient (Wildman–Crippen LogP) is 2.08. The van der Waals surface area contributed by atoms with Crippen molar-refractivity contribution in [3.8, 4) is 0 Å². The van der Waals surface area contributed by atoms with Crippen molar-refractivity contribution < 1.29 is 45.3 Å². The lowest BCUT2D eigenvalue weighted by Gasteiger charge is -2.26. The molecule has 0 fully saturated rings. The summed E-state index contributed by atoms with van der Waals surface area (Å²) < 4.78 is 4.93. The first-order chi connectivity index (χ1) is 15.7. The van der Waals surface area contributed by atoms with Crippen LogP contribution in [0.15, 0.2) is 0 Å². The van der Waals surface area contributed by atoms with Crippen LogP contribution in [0.3, 0.4) is 0 Å². The van der Waals surface area contributed by atoms with Gasteiger partial charge in [0.2, 0.25) is 0 Å². The van der Waals surface area contributed by atoms with E-state index in [1.165, 1.54) is 57.8 Å². The first kappa shape index (κ1) is 32.2. The van der Waals surface area contributed by atoms with Crippen molar-refractivity contribution in [1.29, 1.82) is 0 Å². The molecule has 0 radical (unpaired) electrons. The molecule has 7 N–H and O–H groups in total. The number of aliphatic hydroxyl groups excluding tert-OH is 6. The van der Waals surface area contributed by atoms with Gasteiger partial charge in [0.05, 0.1) is 31.3 Å². The van der Waals surface area contributed by atoms with Crippen molar-refractivity contribution in [2.24, 2.45) is 0 Å². The number of carbonyl (C=O) groups is 1. The average Bonchev–Trinajstić information content (AvgIpc) is 2.77. The van der Waals surface area contributed by atoms with E-state index in [9.17, 15) is 35.4 Å². The first-order valence-corrected chi connectivity index (χ1v) is 12.6. The second kappa shape index (κ2) is 20.6. The maximum atomic E-state index is 10.5. The fourth-order valence-electron chi connectivity index (χ4n) is 3.68. The van der Waals surface area contributed by atoms with E-state index in [1.807, 2.05) is 0 Å². The molecule has 6 atom stereocenters. The van der Waals surface area contributed by atoms with Gasteiger partial charge >= 0.3 is 5.97 Å². The fourth-order valence-corrected chi connectivity index (χ4v) is 3.68. The van der Waals surface area contributed by atoms with Crippen LogP contribution in [0.2, 0.25) is 0 Å². The molecule has 0 aliphatic carbocycles. The molecule has 0 saturated carbocycles. The third-order valence-corrected chi connectivity index (χ3v) is 5.92. The summed E-state index contributed by atoms with van der Waals surface area (Å²) in [7, 11) is 0. The number of carboxylic acids is 1. The molecule has 0 rings (SSSR count). The van der Waals surface area contributed by atoms with Gasteiger partial charge < -0.3 is 40.5 Å². The van der Waals surface area contributed by atoms with E-state index in [0.717, 1.165) is 19.3 Å². The van der Waals surface area contributed by atoms with E-state index < -0.39 is 49.2 Å². The van der Waals surface area contributed by atoms with E-state index >= 15 is 0 Å². The van der Waals surface area contributed by atoms with Crippen molar-refractivity contribution in [2.45, 2.75) is 140 Å². The van der Waals surface area contributed by atoms with Crippen LogP contribution in [0.25, 0.3) is 0 Å². The number of ether oxygens (including phenoxy) is 1. The molecule has 0 aromatic carbocycles. The Labute approximate surface area is 198 Å². The van der Waals surface area contributed by atoms with Gasteiger partial charge in [-0.3, -0.25) is 4.79 Å². The standard InChI is InChI=1S/C24H48O9/c1-2-3-4-5-6-7-8-9-10-11-12-13-14-18(25)19(26)15-16-33-24(32)23(31)22(30)20(27)17-21(28)29/h18-20,22-27,30-32H,2-17H2,1H3,(H,28,29). The van der Waals surface area contributed by atoms with Crippen LogP contribution in [-0.2, 0) is 9.53 Å². The van der Waals surface area contributed by atoms with Crippen LogP contribution in [0.1, 0.15) is 103 Å². The topological polar surface area (TPSA) is 168 Å². The number of hydrogen-bond donors (Lipinski definition) is 7. The minimum absolute atomic E-state index is 0.0109. The molecule has 9 nitrogen and oxygen atoms in total. The van der Waals surface area contributed by atoms with Gasteiger partial charge in [0, 0.05) is 0 Å². The number of aliphatic carboxylic acids is 1. The second-order valence-electron chi connectivity index (χ2n) is 9.01. The van der Waals surface area contributed by atoms with Crippen molar-refractivity contribution >= 4 is 5.97 Å². The zero-order chi connectivity index (χ0) is 25.1. The van der Waals surface area contributed by atoms with Gasteiger partial charge in [0.25, 0.3) is 0 Å². The van der Waals surface area contributed by atoms with Crippen LogP contribution >= 0.6 is 0 Å². The molecule has 198 valence electrons. The predicted molar refractivity (Wildman–Crippen MR) is 125 cm³/mol. The summed E-state index contributed by atoms with van der Waals surface area (Å²) >= 11 is 0. The summed E-state index contributed by atoms with van der Waals surface area (Å²) in [6.07, 6.45) is 4.84. The van der Waals surface area contributed by atoms with Crippen LogP contribution in [0.4, 0.5) is 0 Å². The summed E-state index contributed by atoms with van der Waals surface area (Å²) in [5, 5.41) is 67.2. The van der Waals surface area contributed by atoms with Gasteiger partial charge in [0.15, 0.2) is 6.29 Å². The van der Waals surface area contributed by atoms with Crippen molar-refractivity contribution in [3.63, 3.8) is 0 Å². The molecule has 0 aliphatic heterocycles. The number of hydrogen-bond acceptors (Lipinski definition) is 8. The Kier molecular flexibility index (Phi) is 20.0. The van der Waals surface area contributed by atoms with E-state index in [0.29, 0.717) is 6.42 Å². The lowest BCUT2D eigenvalue weighted by Crippen LogP contribution is -2.46. The Balaban J connectivity index is 3.76. The minimum Gasteiger partial charge on any atom is -0.481 e. The Hall–Kier alpha value is -0.810. The number of carboxylic acid groups (broad SMARTS) is 1. The van der Waals surface area contributed by atoms with E-state index in [4.69, 9.17) is 9.84 Å². The molecule has 0 amide bonds. The Bertz CT molecular complexity index is 463. The zero-order valence-electron chi connectivity index (χ0n) is 20.2. The fraction of sp³-hybridized carbons (Fsp3) is 0.958. The minimum atomic E-state index is -1.91. The van der Waals surface area contributed by atoms with E-state index in [-0.39, 0.29) is 13.0 Å². The molecule has 33 heavy (non-hydrogen) atoms. The third kappa shape index (κ3) is 17.3. The second-order valence-corrected chi connectivity index (χ2v) is 9.01. The van der Waals surface area contributed by atoms with Gasteiger partial charge in [-0.15, -0.1) is 0 Å². The van der Waals surface area contributed by atoms with Gasteiger partial charge in [-0.1, -0.05) is 84.0 Å². The quantitative estimate of drug-likeness (QED) is 0.0855. The third-order valence-electron chi connectivity index (χ3n) is 5.92. The van der Waals surface area contributed by atoms with Gasteiger partial charge in [0.1, 0.15) is 12.2 Å². The smallest absolute Gasteiger partial charge is 0.306 e. The van der Waals surface area contributed by atoms with Gasteiger partial charge in [-0.2, -0.15) is 0 Å². The zero-order valence-corrected chi connectivity index (χ0v) is 20.2. The molecular weight excluding hydrogens is 432 g/mol. The summed E-state index contributed by atoms with van der Waals surface area (Å²) in [6.45, 7) is 2.03. The number of rotatable bonds is 23. The molecule has 0 aliphatic rings. The molecule has 6 unspecified atom stereocenters. The molecule has 9 heteroatoms. The molecule has 0 aromatic heterocycles. The average molecular weight is 481 g/mol. The maximum absolute atomic E-state index is 10.5. The van der Waals surface area contributed by atoms with Gasteiger partial charge in [-0.05, 0) is 12.8 Å². The largest absolute Gasteiger partial charge is 0.481 e. The Morgan fingerprint density at radius 1 is 0.636 bits per heavy atom. The van der Waals surface area contributed by atoms with Crippen LogP contribution < -0.4 is 0 Å². The van der Waals surface area contributed by atoms with Crippen LogP contribution in [0.5, 0.6) is 0 Å². The highest BCUT2D eigenvalue weighted by Gasteiger charge is 2.32. The summed E-state index contributed by atoms with van der Waals surface area (Å²) in [5.74, 6) is -1.37. The lowest BCUT2D eigenvalue weighted by molar-refractivity contribution is -0.206. The maximum Gasteiger partial charge on any atom is 0.306 e. The van der Waals surface area contributed by atoms with Crippen molar-refractivity contribution in [1.82, 2.24) is 0 Å². The molecular formula is C24H48O9. The first-order valence-electron chi connectivity index (χ1n) is 12.6. The van der Waals surface area contributed by atoms with Crippen LogP contribution in [0, 0.1) is 0 Å². The van der Waals surface area contributed by atoms with Crippen molar-refractivity contribution in [3.05, 3.63) is 0 Å². The highest BCUT2D eigenvalue weighted by molar-refractivity contribution is 5.67. The molecule has 0 aromatic rings. The molecule has 0 bridgehead atoms. The SMILES string of the molecule is CCCCCCCCCCCCCCC(O)C(O)CCOC(O)C(O)C(O)C(O)CC(=O)O. The molecule has 0 heterocycles. The Morgan fingerprint density at radius 2 is 1.09 bits per heavy atom. The Morgan fingerprint density at radius 3 is 1.58 bits per heavy atom. The van der Waals surface area contributed by atoms with Crippen LogP contribution in [-0.4, -0.2) is 85.1 Å². The number of aliphatic hydroxyl groups is 6. The monoisotopic (exact) mass is 480 g/mol. The lowest BCUT2D eigenvalue weighted by atomic mass is 10.0. The molecule has 0 saturated heterocycles. The summed E-state index contributed by atoms with van der Waals surface area (Å²) in [4.78, 5) is 10.5. The van der Waals surface area contributed by atoms with E-state index in [1.54, 1.807) is 0 Å². The highest BCUT2D eigenvalue weighted by atomic mass is 16.6. The number of unbranched alkanes of at least 4 members (excludes halogenated alkanes) is 11. The molecule has 0 spiro atoms. The normalized spacial score (nSPS) is 17.3.